The highest BCUT2D eigenvalue weighted by atomic mass is 19.1. The third-order valence-corrected chi connectivity index (χ3v) is 6.79. The third-order valence-electron chi connectivity index (χ3n) is 6.79. The molecular weight excluding hydrogens is 549 g/mol. The zero-order valence-corrected chi connectivity index (χ0v) is 22.7. The van der Waals surface area contributed by atoms with Gasteiger partial charge in [0.25, 0.3) is 5.56 Å². The van der Waals surface area contributed by atoms with Gasteiger partial charge in [-0.25, -0.2) is 18.0 Å². The second-order valence-electron chi connectivity index (χ2n) is 9.57. The molecule has 5 aromatic rings. The lowest BCUT2D eigenvalue weighted by Gasteiger charge is -2.13. The first-order valence-electron chi connectivity index (χ1n) is 12.7. The molecular formula is C32H23F3N2O5. The van der Waals surface area contributed by atoms with Crippen LogP contribution in [0, 0.1) is 31.3 Å². The van der Waals surface area contributed by atoms with Gasteiger partial charge in [0.2, 0.25) is 0 Å². The van der Waals surface area contributed by atoms with Crippen LogP contribution in [0.3, 0.4) is 0 Å². The van der Waals surface area contributed by atoms with E-state index in [9.17, 15) is 18.8 Å². The maximum Gasteiger partial charge on any atom is 0.338 e. The Bertz CT molecular complexity index is 1930. The fraction of sp³-hybridized carbons (Fsp3) is 0.125. The van der Waals surface area contributed by atoms with Crippen LogP contribution in [0.4, 0.5) is 13.2 Å². The van der Waals surface area contributed by atoms with Gasteiger partial charge in [0.15, 0.2) is 17.3 Å². The Morgan fingerprint density at radius 3 is 2.31 bits per heavy atom. The van der Waals surface area contributed by atoms with Crippen LogP contribution in [-0.4, -0.2) is 28.4 Å². The lowest BCUT2D eigenvalue weighted by molar-refractivity contribution is 0.0600. The van der Waals surface area contributed by atoms with Gasteiger partial charge < -0.3 is 9.47 Å². The van der Waals surface area contributed by atoms with Crippen molar-refractivity contribution in [3.8, 4) is 17.2 Å². The largest absolute Gasteiger partial charge is 0.465 e. The maximum absolute atomic E-state index is 15.1. The van der Waals surface area contributed by atoms with Crippen molar-refractivity contribution in [2.24, 2.45) is 0 Å². The molecule has 42 heavy (non-hydrogen) atoms. The van der Waals surface area contributed by atoms with Crippen molar-refractivity contribution in [3.63, 3.8) is 0 Å². The van der Waals surface area contributed by atoms with Gasteiger partial charge in [0, 0.05) is 35.5 Å². The average molecular weight is 573 g/mol. The van der Waals surface area contributed by atoms with E-state index >= 15 is 8.78 Å². The molecule has 2 aromatic heterocycles. The Morgan fingerprint density at radius 1 is 0.857 bits per heavy atom. The Kier molecular flexibility index (Phi) is 7.62. The number of esters is 1. The van der Waals surface area contributed by atoms with Crippen LogP contribution in [0.15, 0.2) is 77.7 Å². The summed E-state index contributed by atoms with van der Waals surface area (Å²) in [6.07, 6.45) is 0.814. The van der Waals surface area contributed by atoms with E-state index < -0.39 is 46.9 Å². The molecule has 0 saturated carbocycles. The van der Waals surface area contributed by atoms with Crippen molar-refractivity contribution in [2.45, 2.75) is 20.3 Å². The molecule has 0 N–H and O–H groups in total. The van der Waals surface area contributed by atoms with E-state index in [-0.39, 0.29) is 16.9 Å². The number of carbonyl (C=O) groups is 2. The van der Waals surface area contributed by atoms with Crippen molar-refractivity contribution < 1.29 is 32.2 Å². The summed E-state index contributed by atoms with van der Waals surface area (Å²) in [5, 5.41) is 0.457. The molecule has 0 atom stereocenters. The molecule has 0 amide bonds. The van der Waals surface area contributed by atoms with E-state index in [0.717, 1.165) is 12.1 Å². The van der Waals surface area contributed by atoms with E-state index in [0.29, 0.717) is 33.4 Å². The first-order chi connectivity index (χ1) is 20.1. The summed E-state index contributed by atoms with van der Waals surface area (Å²) in [5.41, 5.74) is 0.955. The summed E-state index contributed by atoms with van der Waals surface area (Å²) in [6.45, 7) is 3.34. The number of fused-ring (bicyclic) bond motifs is 1. The predicted molar refractivity (Wildman–Crippen MR) is 149 cm³/mol. The lowest BCUT2D eigenvalue weighted by atomic mass is 10.0. The van der Waals surface area contributed by atoms with Crippen LogP contribution >= 0.6 is 0 Å². The van der Waals surface area contributed by atoms with Crippen molar-refractivity contribution in [1.29, 1.82) is 0 Å². The van der Waals surface area contributed by atoms with Gasteiger partial charge in [-0.1, -0.05) is 0 Å². The van der Waals surface area contributed by atoms with Crippen molar-refractivity contribution in [1.82, 2.24) is 9.55 Å². The number of ether oxygens (including phenoxy) is 2. The number of rotatable bonds is 7. The number of methoxy groups -OCH3 is 1. The number of hydrogen-bond acceptors (Lipinski definition) is 6. The van der Waals surface area contributed by atoms with Crippen molar-refractivity contribution in [2.75, 3.05) is 7.11 Å². The number of aromatic nitrogens is 2. The Morgan fingerprint density at radius 2 is 1.60 bits per heavy atom. The number of benzene rings is 3. The number of halogens is 3. The quantitative estimate of drug-likeness (QED) is 0.165. The molecule has 212 valence electrons. The van der Waals surface area contributed by atoms with Crippen LogP contribution < -0.4 is 10.3 Å². The van der Waals surface area contributed by atoms with Gasteiger partial charge in [-0.15, -0.1) is 0 Å². The Hall–Kier alpha value is -5.25. The van der Waals surface area contributed by atoms with Crippen LogP contribution in [0.5, 0.6) is 11.5 Å². The smallest absolute Gasteiger partial charge is 0.338 e. The number of pyridine rings is 2. The summed E-state index contributed by atoms with van der Waals surface area (Å²) in [5.74, 6) is -3.85. The van der Waals surface area contributed by atoms with Gasteiger partial charge in [0.05, 0.1) is 23.8 Å². The van der Waals surface area contributed by atoms with Crippen LogP contribution in [0.1, 0.15) is 37.5 Å². The predicted octanol–water partition coefficient (Wildman–Crippen LogP) is 6.42. The number of ketones is 1. The Labute approximate surface area is 237 Å². The summed E-state index contributed by atoms with van der Waals surface area (Å²) >= 11 is 0. The van der Waals surface area contributed by atoms with Gasteiger partial charge >= 0.3 is 5.97 Å². The second kappa shape index (κ2) is 11.3. The zero-order valence-electron chi connectivity index (χ0n) is 22.7. The van der Waals surface area contributed by atoms with Gasteiger partial charge in [-0.2, -0.15) is 0 Å². The SMILES string of the molecule is COC(=O)c1cc2nccc(Oc3cc(F)c(CC(=O)c4ccc(C)n(-c5ccc(F)cc5)c4=O)cc3F)c2cc1C. The minimum absolute atomic E-state index is 0.169. The molecule has 0 radical (unpaired) electrons. The minimum Gasteiger partial charge on any atom is -0.465 e. The molecule has 0 aliphatic heterocycles. The fourth-order valence-electron chi connectivity index (χ4n) is 4.62. The summed E-state index contributed by atoms with van der Waals surface area (Å²) < 4.78 is 55.4. The second-order valence-corrected chi connectivity index (χ2v) is 9.57. The highest BCUT2D eigenvalue weighted by Crippen LogP contribution is 2.33. The van der Waals surface area contributed by atoms with Crippen LogP contribution in [0.2, 0.25) is 0 Å². The van der Waals surface area contributed by atoms with Gasteiger partial charge in [-0.05, 0) is 85.6 Å². The van der Waals surface area contributed by atoms with Crippen molar-refractivity contribution >= 4 is 22.7 Å². The van der Waals surface area contributed by atoms with Gasteiger partial charge in [0.1, 0.15) is 17.4 Å². The molecule has 10 heteroatoms. The average Bonchev–Trinajstić information content (AvgIpc) is 2.96. The van der Waals surface area contributed by atoms with E-state index in [1.807, 2.05) is 0 Å². The maximum atomic E-state index is 15.1. The molecule has 0 unspecified atom stereocenters. The van der Waals surface area contributed by atoms with Gasteiger partial charge in [-0.3, -0.25) is 19.1 Å². The molecule has 5 rings (SSSR count). The monoisotopic (exact) mass is 572 g/mol. The van der Waals surface area contributed by atoms with E-state index in [2.05, 4.69) is 4.98 Å². The third kappa shape index (κ3) is 5.38. The zero-order chi connectivity index (χ0) is 30.1. The van der Waals surface area contributed by atoms with E-state index in [1.165, 1.54) is 60.3 Å². The molecule has 7 nitrogen and oxygen atoms in total. The lowest BCUT2D eigenvalue weighted by Crippen LogP contribution is -2.27. The number of hydrogen-bond donors (Lipinski definition) is 0. The first-order valence-corrected chi connectivity index (χ1v) is 12.7. The highest BCUT2D eigenvalue weighted by molar-refractivity contribution is 5.98. The molecule has 0 spiro atoms. The minimum atomic E-state index is -0.931. The Balaban J connectivity index is 1.43. The molecule has 3 aromatic carbocycles. The summed E-state index contributed by atoms with van der Waals surface area (Å²) in [6, 6.07) is 14.3. The van der Waals surface area contributed by atoms with Crippen LogP contribution in [-0.2, 0) is 11.2 Å². The van der Waals surface area contributed by atoms with E-state index in [1.54, 1.807) is 26.0 Å². The summed E-state index contributed by atoms with van der Waals surface area (Å²) in [7, 11) is 1.26. The molecule has 0 aliphatic carbocycles. The first kappa shape index (κ1) is 28.3. The molecule has 0 bridgehead atoms. The fourth-order valence-corrected chi connectivity index (χ4v) is 4.62. The summed E-state index contributed by atoms with van der Waals surface area (Å²) in [4.78, 5) is 42.5. The van der Waals surface area contributed by atoms with E-state index in [4.69, 9.17) is 9.47 Å². The standard InChI is InChI=1S/C32H23F3N2O5/c1-17-12-24-27(15-23(17)32(40)41-3)36-11-10-29(24)42-30-16-25(34)19(13-26(30)35)14-28(38)22-9-4-18(2)37(31(22)39)21-7-5-20(33)6-8-21/h4-13,15-16H,14H2,1-3H3. The molecule has 0 aliphatic rings. The number of aryl methyl sites for hydroxylation is 2. The topological polar surface area (TPSA) is 87.5 Å². The number of Topliss-reactive ketones (excluding diaryl/α,β-unsaturated/α-hetero) is 1. The normalized spacial score (nSPS) is 11.0. The van der Waals surface area contributed by atoms with Crippen LogP contribution in [0.25, 0.3) is 16.6 Å². The molecule has 0 fully saturated rings. The number of carbonyl (C=O) groups excluding carboxylic acids is 2. The molecule has 0 saturated heterocycles. The van der Waals surface area contributed by atoms with Crippen molar-refractivity contribution in [3.05, 3.63) is 129 Å². The highest BCUT2D eigenvalue weighted by Gasteiger charge is 2.20. The molecule has 2 heterocycles. The number of nitrogens with zero attached hydrogens (tertiary/aromatic N) is 2.